The van der Waals surface area contributed by atoms with Gasteiger partial charge in [0.25, 0.3) is 5.91 Å². The summed E-state index contributed by atoms with van der Waals surface area (Å²) in [5.74, 6) is -1.64. The maximum absolute atomic E-state index is 11.8. The second-order valence-corrected chi connectivity index (χ2v) is 6.17. The van der Waals surface area contributed by atoms with Crippen LogP contribution in [0.1, 0.15) is 11.3 Å². The van der Waals surface area contributed by atoms with Crippen molar-refractivity contribution in [2.24, 2.45) is 0 Å². The number of halogens is 1. The second-order valence-electron chi connectivity index (χ2n) is 4.91. The molecule has 0 radical (unpaired) electrons. The highest BCUT2D eigenvalue weighted by atomic mass is 35.5. The van der Waals surface area contributed by atoms with Gasteiger partial charge in [-0.1, -0.05) is 29.8 Å². The fraction of sp³-hybridized carbons (Fsp3) is 0.176. The van der Waals surface area contributed by atoms with Crippen LogP contribution in [0.3, 0.4) is 0 Å². The Labute approximate surface area is 158 Å². The quantitative estimate of drug-likeness (QED) is 0.573. The smallest absolute Gasteiger partial charge is 0.331 e. The molecule has 0 saturated carbocycles. The number of rotatable bonds is 7. The predicted molar refractivity (Wildman–Crippen MR) is 97.9 cm³/mol. The van der Waals surface area contributed by atoms with Crippen molar-refractivity contribution < 1.29 is 23.9 Å². The number of amides is 1. The number of esters is 2. The Kier molecular flexibility index (Phi) is 7.31. The maximum atomic E-state index is 11.8. The maximum Gasteiger partial charge on any atom is 0.331 e. The Morgan fingerprint density at radius 2 is 2.08 bits per heavy atom. The van der Waals surface area contributed by atoms with Crippen molar-refractivity contribution in [1.29, 1.82) is 0 Å². The predicted octanol–water partition coefficient (Wildman–Crippen LogP) is 2.71. The average molecular weight is 395 g/mol. The first kappa shape index (κ1) is 19.6. The lowest BCUT2D eigenvalue weighted by molar-refractivity contribution is -0.142. The summed E-state index contributed by atoms with van der Waals surface area (Å²) in [4.78, 5) is 38.6. The van der Waals surface area contributed by atoms with Crippen LogP contribution in [0.2, 0.25) is 5.02 Å². The third-order valence-electron chi connectivity index (χ3n) is 3.00. The summed E-state index contributed by atoms with van der Waals surface area (Å²) in [6.45, 7) is -0.461. The van der Waals surface area contributed by atoms with E-state index in [0.717, 1.165) is 11.3 Å². The molecule has 1 aromatic heterocycles. The third kappa shape index (κ3) is 6.30. The third-order valence-corrected chi connectivity index (χ3v) is 4.15. The molecule has 7 nitrogen and oxygen atoms in total. The molecule has 0 unspecified atom stereocenters. The second kappa shape index (κ2) is 9.69. The van der Waals surface area contributed by atoms with E-state index in [1.54, 1.807) is 29.6 Å². The van der Waals surface area contributed by atoms with Gasteiger partial charge in [0.2, 0.25) is 0 Å². The van der Waals surface area contributed by atoms with Crippen molar-refractivity contribution in [2.45, 2.75) is 6.42 Å². The number of methoxy groups -OCH3 is 1. The average Bonchev–Trinajstić information content (AvgIpc) is 3.05. The van der Waals surface area contributed by atoms with E-state index >= 15 is 0 Å². The molecule has 9 heteroatoms. The number of hydrogen-bond donors (Lipinski definition) is 1. The van der Waals surface area contributed by atoms with Crippen LogP contribution < -0.4 is 5.32 Å². The fourth-order valence-corrected chi connectivity index (χ4v) is 2.70. The summed E-state index contributed by atoms with van der Waals surface area (Å²) >= 11 is 7.12. The molecule has 0 saturated heterocycles. The van der Waals surface area contributed by atoms with E-state index in [9.17, 15) is 14.4 Å². The van der Waals surface area contributed by atoms with E-state index in [-0.39, 0.29) is 6.42 Å². The monoisotopic (exact) mass is 394 g/mol. The molecule has 136 valence electrons. The number of thiazole rings is 1. The first-order chi connectivity index (χ1) is 12.5. The minimum absolute atomic E-state index is 0.0185. The molecule has 1 amide bonds. The standard InChI is InChI=1S/C17H15ClN2O5S/c1-24-16(23)8-12-10-26-17(19-12)20-14(21)9-25-15(22)7-6-11-4-2-3-5-13(11)18/h2-7,10H,8-9H2,1H3,(H,19,20,21)/b7-6+. The first-order valence-corrected chi connectivity index (χ1v) is 8.64. The molecule has 1 N–H and O–H groups in total. The molecular weight excluding hydrogens is 380 g/mol. The number of carbonyl (C=O) groups excluding carboxylic acids is 3. The van der Waals surface area contributed by atoms with E-state index in [1.807, 2.05) is 0 Å². The van der Waals surface area contributed by atoms with Crippen LogP contribution >= 0.6 is 22.9 Å². The summed E-state index contributed by atoms with van der Waals surface area (Å²) in [5, 5.41) is 4.92. The van der Waals surface area contributed by atoms with Crippen LogP contribution in [0.25, 0.3) is 6.08 Å². The molecule has 0 spiro atoms. The van der Waals surface area contributed by atoms with Crippen molar-refractivity contribution in [2.75, 3.05) is 19.0 Å². The lowest BCUT2D eigenvalue weighted by Gasteiger charge is -2.02. The van der Waals surface area contributed by atoms with Gasteiger partial charge in [0.1, 0.15) is 0 Å². The zero-order valence-electron chi connectivity index (χ0n) is 13.7. The largest absolute Gasteiger partial charge is 0.469 e. The Morgan fingerprint density at radius 3 is 2.81 bits per heavy atom. The van der Waals surface area contributed by atoms with Gasteiger partial charge in [0.15, 0.2) is 11.7 Å². The van der Waals surface area contributed by atoms with Crippen LogP contribution in [0.4, 0.5) is 5.13 Å². The van der Waals surface area contributed by atoms with Crippen molar-refractivity contribution in [3.63, 3.8) is 0 Å². The Hall–Kier alpha value is -2.71. The topological polar surface area (TPSA) is 94.6 Å². The van der Waals surface area contributed by atoms with Gasteiger partial charge >= 0.3 is 11.9 Å². The van der Waals surface area contributed by atoms with Crippen molar-refractivity contribution in [3.05, 3.63) is 52.0 Å². The van der Waals surface area contributed by atoms with Gasteiger partial charge in [-0.15, -0.1) is 11.3 Å². The highest BCUT2D eigenvalue weighted by Crippen LogP contribution is 2.17. The molecule has 1 aromatic carbocycles. The number of nitrogens with one attached hydrogen (secondary N) is 1. The minimum atomic E-state index is -0.675. The number of anilines is 1. The van der Waals surface area contributed by atoms with Gasteiger partial charge in [-0.2, -0.15) is 0 Å². The number of ether oxygens (including phenoxy) is 2. The molecule has 0 aliphatic carbocycles. The molecule has 0 aliphatic heterocycles. The van der Waals surface area contributed by atoms with E-state index in [2.05, 4.69) is 15.0 Å². The van der Waals surface area contributed by atoms with Gasteiger partial charge in [-0.25, -0.2) is 9.78 Å². The molecule has 0 fully saturated rings. The zero-order chi connectivity index (χ0) is 18.9. The van der Waals surface area contributed by atoms with Crippen LogP contribution in [-0.2, 0) is 30.3 Å². The van der Waals surface area contributed by atoms with Crippen molar-refractivity contribution >= 4 is 52.0 Å². The van der Waals surface area contributed by atoms with E-state index < -0.39 is 24.5 Å². The number of nitrogens with zero attached hydrogens (tertiary/aromatic N) is 1. The molecule has 0 atom stereocenters. The summed E-state index contributed by atoms with van der Waals surface area (Å²) in [7, 11) is 1.28. The Balaban J connectivity index is 1.78. The highest BCUT2D eigenvalue weighted by Gasteiger charge is 2.11. The molecule has 1 heterocycles. The van der Waals surface area contributed by atoms with Gasteiger partial charge in [0, 0.05) is 16.5 Å². The first-order valence-electron chi connectivity index (χ1n) is 7.38. The van der Waals surface area contributed by atoms with Gasteiger partial charge in [-0.3, -0.25) is 14.9 Å². The van der Waals surface area contributed by atoms with Gasteiger partial charge in [0.05, 0.1) is 19.2 Å². The SMILES string of the molecule is COC(=O)Cc1csc(NC(=O)COC(=O)/C=C/c2ccccc2Cl)n1. The lowest BCUT2D eigenvalue weighted by Crippen LogP contribution is -2.20. The lowest BCUT2D eigenvalue weighted by atomic mass is 10.2. The number of aromatic nitrogens is 1. The summed E-state index contributed by atoms with van der Waals surface area (Å²) < 4.78 is 9.39. The number of hydrogen-bond acceptors (Lipinski definition) is 7. The van der Waals surface area contributed by atoms with Crippen LogP contribution in [0.5, 0.6) is 0 Å². The Bertz CT molecular complexity index is 834. The fourth-order valence-electron chi connectivity index (χ4n) is 1.77. The molecule has 0 bridgehead atoms. The summed E-state index contributed by atoms with van der Waals surface area (Å²) in [6.07, 6.45) is 2.71. The van der Waals surface area contributed by atoms with E-state index in [1.165, 1.54) is 19.3 Å². The van der Waals surface area contributed by atoms with E-state index in [0.29, 0.717) is 21.4 Å². The molecule has 0 aliphatic rings. The van der Waals surface area contributed by atoms with Gasteiger partial charge < -0.3 is 9.47 Å². The van der Waals surface area contributed by atoms with Crippen molar-refractivity contribution in [3.8, 4) is 0 Å². The summed E-state index contributed by atoms with van der Waals surface area (Å²) in [6, 6.07) is 7.00. The Morgan fingerprint density at radius 1 is 1.31 bits per heavy atom. The van der Waals surface area contributed by atoms with Crippen molar-refractivity contribution in [1.82, 2.24) is 4.98 Å². The molecule has 26 heavy (non-hydrogen) atoms. The molecule has 2 rings (SSSR count). The molecule has 2 aromatic rings. The van der Waals surface area contributed by atoms with Crippen LogP contribution in [-0.4, -0.2) is 36.5 Å². The zero-order valence-corrected chi connectivity index (χ0v) is 15.3. The number of carbonyl (C=O) groups is 3. The highest BCUT2D eigenvalue weighted by molar-refractivity contribution is 7.13. The number of benzene rings is 1. The molecular formula is C17H15ClN2O5S. The van der Waals surface area contributed by atoms with Gasteiger partial charge in [-0.05, 0) is 17.7 Å². The normalized spacial score (nSPS) is 10.5. The van der Waals surface area contributed by atoms with Crippen LogP contribution in [0, 0.1) is 0 Å². The summed E-state index contributed by atoms with van der Waals surface area (Å²) in [5.41, 5.74) is 1.15. The minimum Gasteiger partial charge on any atom is -0.469 e. The van der Waals surface area contributed by atoms with Crippen LogP contribution in [0.15, 0.2) is 35.7 Å². The van der Waals surface area contributed by atoms with E-state index in [4.69, 9.17) is 16.3 Å².